The predicted octanol–water partition coefficient (Wildman–Crippen LogP) is 2.89. The first-order valence-electron chi connectivity index (χ1n) is 4.82. The highest BCUT2D eigenvalue weighted by Crippen LogP contribution is 2.28. The first kappa shape index (κ1) is 10.4. The number of carbonyl (C=O) groups excluding carboxylic acids is 1. The third-order valence-electron chi connectivity index (χ3n) is 2.39. The second-order valence-corrected chi connectivity index (χ2v) is 3.44. The van der Waals surface area contributed by atoms with E-state index in [-0.39, 0.29) is 5.82 Å². The van der Waals surface area contributed by atoms with Crippen LogP contribution in [0.25, 0.3) is 11.1 Å². The molecule has 0 heterocycles. The SMILES string of the molecule is Nc1ccccc1-c1cc(F)ccc1C=O. The maximum absolute atomic E-state index is 13.1. The van der Waals surface area contributed by atoms with Crippen LogP contribution in [0.3, 0.4) is 0 Å². The standard InChI is InChI=1S/C13H10FNO/c14-10-6-5-9(8-16)12(7-10)11-3-1-2-4-13(11)15/h1-8H,15H2. The third-order valence-corrected chi connectivity index (χ3v) is 2.39. The highest BCUT2D eigenvalue weighted by atomic mass is 19.1. The zero-order valence-corrected chi connectivity index (χ0v) is 8.48. The summed E-state index contributed by atoms with van der Waals surface area (Å²) in [6.07, 6.45) is 0.696. The molecule has 0 aliphatic rings. The van der Waals surface area contributed by atoms with Crippen LogP contribution in [0.4, 0.5) is 10.1 Å². The fourth-order valence-corrected chi connectivity index (χ4v) is 1.61. The molecule has 2 N–H and O–H groups in total. The molecule has 2 rings (SSSR count). The highest BCUT2D eigenvalue weighted by Gasteiger charge is 2.08. The number of anilines is 1. The smallest absolute Gasteiger partial charge is 0.150 e. The van der Waals surface area contributed by atoms with Gasteiger partial charge in [-0.15, -0.1) is 0 Å². The summed E-state index contributed by atoms with van der Waals surface area (Å²) in [5.41, 5.74) is 7.93. The average molecular weight is 215 g/mol. The van der Waals surface area contributed by atoms with Gasteiger partial charge in [-0.05, 0) is 29.8 Å². The summed E-state index contributed by atoms with van der Waals surface area (Å²) in [6, 6.07) is 11.1. The van der Waals surface area contributed by atoms with E-state index in [1.807, 2.05) is 0 Å². The van der Waals surface area contributed by atoms with Crippen molar-refractivity contribution in [2.24, 2.45) is 0 Å². The molecule has 3 heteroatoms. The largest absolute Gasteiger partial charge is 0.398 e. The minimum atomic E-state index is -0.385. The molecular weight excluding hydrogens is 205 g/mol. The van der Waals surface area contributed by atoms with Gasteiger partial charge in [0.2, 0.25) is 0 Å². The van der Waals surface area contributed by atoms with Crippen LogP contribution in [-0.4, -0.2) is 6.29 Å². The predicted molar refractivity (Wildman–Crippen MR) is 61.6 cm³/mol. The van der Waals surface area contributed by atoms with Crippen LogP contribution in [0.2, 0.25) is 0 Å². The Hall–Kier alpha value is -2.16. The van der Waals surface area contributed by atoms with Crippen molar-refractivity contribution in [1.29, 1.82) is 0 Å². The summed E-state index contributed by atoms with van der Waals surface area (Å²) in [5.74, 6) is -0.385. The summed E-state index contributed by atoms with van der Waals surface area (Å²) in [4.78, 5) is 10.9. The molecular formula is C13H10FNO. The fraction of sp³-hybridized carbons (Fsp3) is 0. The number of nitrogen functional groups attached to an aromatic ring is 1. The highest BCUT2D eigenvalue weighted by molar-refractivity contribution is 5.90. The van der Waals surface area contributed by atoms with Gasteiger partial charge in [0.25, 0.3) is 0 Å². The van der Waals surface area contributed by atoms with Crippen LogP contribution < -0.4 is 5.73 Å². The molecule has 0 saturated carbocycles. The number of hydrogen-bond donors (Lipinski definition) is 1. The first-order valence-corrected chi connectivity index (χ1v) is 4.82. The number of aldehydes is 1. The van der Waals surface area contributed by atoms with E-state index < -0.39 is 0 Å². The second kappa shape index (κ2) is 4.14. The van der Waals surface area contributed by atoms with Crippen molar-refractivity contribution in [1.82, 2.24) is 0 Å². The van der Waals surface area contributed by atoms with Crippen LogP contribution in [0.1, 0.15) is 10.4 Å². The van der Waals surface area contributed by atoms with Gasteiger partial charge in [0.15, 0.2) is 6.29 Å². The van der Waals surface area contributed by atoms with Crippen molar-refractivity contribution < 1.29 is 9.18 Å². The molecule has 0 saturated heterocycles. The van der Waals surface area contributed by atoms with Crippen molar-refractivity contribution >= 4 is 12.0 Å². The minimum Gasteiger partial charge on any atom is -0.398 e. The van der Waals surface area contributed by atoms with E-state index in [0.717, 1.165) is 0 Å². The molecule has 0 bridgehead atoms. The zero-order chi connectivity index (χ0) is 11.5. The van der Waals surface area contributed by atoms with E-state index >= 15 is 0 Å². The lowest BCUT2D eigenvalue weighted by Crippen LogP contribution is -1.94. The van der Waals surface area contributed by atoms with E-state index in [0.29, 0.717) is 28.7 Å². The minimum absolute atomic E-state index is 0.385. The Morgan fingerprint density at radius 2 is 1.81 bits per heavy atom. The maximum atomic E-state index is 13.1. The quantitative estimate of drug-likeness (QED) is 0.618. The van der Waals surface area contributed by atoms with Crippen molar-refractivity contribution in [3.63, 3.8) is 0 Å². The Bertz CT molecular complexity index is 537. The van der Waals surface area contributed by atoms with Crippen LogP contribution in [-0.2, 0) is 0 Å². The van der Waals surface area contributed by atoms with Crippen LogP contribution in [0, 0.1) is 5.82 Å². The fourth-order valence-electron chi connectivity index (χ4n) is 1.61. The average Bonchev–Trinajstić information content (AvgIpc) is 2.29. The number of benzene rings is 2. The molecule has 0 atom stereocenters. The number of halogens is 1. The molecule has 0 aliphatic carbocycles. The van der Waals surface area contributed by atoms with Gasteiger partial charge in [-0.25, -0.2) is 4.39 Å². The Balaban J connectivity index is 2.67. The van der Waals surface area contributed by atoms with Gasteiger partial charge in [-0.1, -0.05) is 18.2 Å². The lowest BCUT2D eigenvalue weighted by Gasteiger charge is -2.08. The summed E-state index contributed by atoms with van der Waals surface area (Å²) >= 11 is 0. The number of carbonyl (C=O) groups is 1. The molecule has 0 amide bonds. The monoisotopic (exact) mass is 215 g/mol. The van der Waals surface area contributed by atoms with E-state index in [9.17, 15) is 9.18 Å². The van der Waals surface area contributed by atoms with E-state index in [4.69, 9.17) is 5.73 Å². The molecule has 0 aliphatic heterocycles. The normalized spacial score (nSPS) is 10.1. The van der Waals surface area contributed by atoms with E-state index in [1.165, 1.54) is 18.2 Å². The van der Waals surface area contributed by atoms with Crippen molar-refractivity contribution in [2.45, 2.75) is 0 Å². The van der Waals surface area contributed by atoms with Gasteiger partial charge in [0.05, 0.1) is 0 Å². The van der Waals surface area contributed by atoms with Crippen molar-refractivity contribution in [2.75, 3.05) is 5.73 Å². The Morgan fingerprint density at radius 1 is 1.06 bits per heavy atom. The lowest BCUT2D eigenvalue weighted by atomic mass is 9.99. The van der Waals surface area contributed by atoms with Gasteiger partial charge in [-0.3, -0.25) is 4.79 Å². The molecule has 2 aromatic rings. The van der Waals surface area contributed by atoms with Crippen LogP contribution in [0.5, 0.6) is 0 Å². The summed E-state index contributed by atoms with van der Waals surface area (Å²) in [7, 11) is 0. The van der Waals surface area contributed by atoms with Crippen LogP contribution >= 0.6 is 0 Å². The number of rotatable bonds is 2. The molecule has 2 aromatic carbocycles. The second-order valence-electron chi connectivity index (χ2n) is 3.44. The first-order chi connectivity index (χ1) is 7.72. The van der Waals surface area contributed by atoms with E-state index in [1.54, 1.807) is 24.3 Å². The number of hydrogen-bond acceptors (Lipinski definition) is 2. The number of para-hydroxylation sites is 1. The Labute approximate surface area is 92.5 Å². The number of nitrogens with two attached hydrogens (primary N) is 1. The third kappa shape index (κ3) is 1.80. The summed E-state index contributed by atoms with van der Waals surface area (Å²) < 4.78 is 13.1. The van der Waals surface area contributed by atoms with Gasteiger partial charge in [0.1, 0.15) is 5.82 Å². The van der Waals surface area contributed by atoms with Gasteiger partial charge in [0, 0.05) is 16.8 Å². The molecule has 0 spiro atoms. The molecule has 2 nitrogen and oxygen atoms in total. The molecule has 0 fully saturated rings. The zero-order valence-electron chi connectivity index (χ0n) is 8.48. The van der Waals surface area contributed by atoms with Crippen molar-refractivity contribution in [3.8, 4) is 11.1 Å². The van der Waals surface area contributed by atoms with Gasteiger partial charge < -0.3 is 5.73 Å². The van der Waals surface area contributed by atoms with Crippen molar-refractivity contribution in [3.05, 3.63) is 53.8 Å². The van der Waals surface area contributed by atoms with Gasteiger partial charge in [-0.2, -0.15) is 0 Å². The molecule has 0 unspecified atom stereocenters. The Morgan fingerprint density at radius 3 is 2.50 bits per heavy atom. The van der Waals surface area contributed by atoms with E-state index in [2.05, 4.69) is 0 Å². The molecule has 0 radical (unpaired) electrons. The summed E-state index contributed by atoms with van der Waals surface area (Å²) in [6.45, 7) is 0. The molecule has 0 aromatic heterocycles. The van der Waals surface area contributed by atoms with Crippen LogP contribution in [0.15, 0.2) is 42.5 Å². The van der Waals surface area contributed by atoms with Gasteiger partial charge >= 0.3 is 0 Å². The topological polar surface area (TPSA) is 43.1 Å². The maximum Gasteiger partial charge on any atom is 0.150 e. The molecule has 80 valence electrons. The lowest BCUT2D eigenvalue weighted by molar-refractivity contribution is 0.112. The molecule has 16 heavy (non-hydrogen) atoms. The summed E-state index contributed by atoms with van der Waals surface area (Å²) in [5, 5.41) is 0. The Kier molecular flexibility index (Phi) is 2.68.